The Morgan fingerprint density at radius 3 is 2.82 bits per heavy atom. The van der Waals surface area contributed by atoms with Gasteiger partial charge in [0.25, 0.3) is 0 Å². The molecule has 2 heterocycles. The van der Waals surface area contributed by atoms with E-state index in [9.17, 15) is 0 Å². The lowest BCUT2D eigenvalue weighted by atomic mass is 10.2. The zero-order chi connectivity index (χ0) is 22.6. The van der Waals surface area contributed by atoms with E-state index in [2.05, 4.69) is 59.5 Å². The van der Waals surface area contributed by atoms with Crippen molar-refractivity contribution in [1.82, 2.24) is 15.6 Å². The number of anilines is 1. The van der Waals surface area contributed by atoms with Crippen molar-refractivity contribution >= 4 is 35.8 Å². The largest absolute Gasteiger partial charge is 0.376 e. The number of aromatic nitrogens is 1. The third-order valence-corrected chi connectivity index (χ3v) is 5.27. The van der Waals surface area contributed by atoms with Gasteiger partial charge in [0.1, 0.15) is 5.82 Å². The minimum Gasteiger partial charge on any atom is -0.376 e. The first-order valence-corrected chi connectivity index (χ1v) is 11.6. The molecular weight excluding hydrogens is 529 g/mol. The summed E-state index contributed by atoms with van der Waals surface area (Å²) in [6.07, 6.45) is 2.10. The van der Waals surface area contributed by atoms with Crippen LogP contribution in [0.2, 0.25) is 0 Å². The lowest BCUT2D eigenvalue weighted by Crippen LogP contribution is -2.41. The van der Waals surface area contributed by atoms with Crippen molar-refractivity contribution in [2.45, 2.75) is 40.0 Å². The molecule has 1 aromatic heterocycles. The van der Waals surface area contributed by atoms with Crippen LogP contribution in [0.3, 0.4) is 0 Å². The summed E-state index contributed by atoms with van der Waals surface area (Å²) in [7, 11) is 0. The van der Waals surface area contributed by atoms with Gasteiger partial charge in [-0.05, 0) is 43.0 Å². The Morgan fingerprint density at radius 1 is 1.24 bits per heavy atom. The topological polar surface area (TPSA) is 71.0 Å². The van der Waals surface area contributed by atoms with Gasteiger partial charge < -0.3 is 25.0 Å². The monoisotopic (exact) mass is 567 g/mol. The third-order valence-electron chi connectivity index (χ3n) is 5.27. The first kappa shape index (κ1) is 27.3. The van der Waals surface area contributed by atoms with Crippen LogP contribution in [0.1, 0.15) is 31.9 Å². The molecule has 3 rings (SSSR count). The molecule has 8 heteroatoms. The van der Waals surface area contributed by atoms with E-state index < -0.39 is 0 Å². The number of hydrogen-bond donors (Lipinski definition) is 2. The minimum atomic E-state index is 0. The van der Waals surface area contributed by atoms with Crippen LogP contribution in [0.25, 0.3) is 0 Å². The van der Waals surface area contributed by atoms with Gasteiger partial charge in [-0.15, -0.1) is 24.0 Å². The van der Waals surface area contributed by atoms with Gasteiger partial charge in [0.15, 0.2) is 5.96 Å². The minimum absolute atomic E-state index is 0. The van der Waals surface area contributed by atoms with Gasteiger partial charge in [-0.2, -0.15) is 0 Å². The van der Waals surface area contributed by atoms with Crippen molar-refractivity contribution in [3.63, 3.8) is 0 Å². The number of ether oxygens (including phenoxy) is 2. The van der Waals surface area contributed by atoms with Crippen LogP contribution < -0.4 is 15.5 Å². The number of halogens is 1. The molecular formula is C25H38IN5O2. The molecule has 2 unspecified atom stereocenters. The van der Waals surface area contributed by atoms with Crippen molar-refractivity contribution in [2.24, 2.45) is 10.9 Å². The van der Waals surface area contributed by atoms with Gasteiger partial charge in [-0.25, -0.2) is 9.98 Å². The van der Waals surface area contributed by atoms with Crippen LogP contribution in [0.15, 0.2) is 53.7 Å². The lowest BCUT2D eigenvalue weighted by molar-refractivity contribution is 0.0529. The summed E-state index contributed by atoms with van der Waals surface area (Å²) < 4.78 is 11.5. The van der Waals surface area contributed by atoms with Gasteiger partial charge >= 0.3 is 0 Å². The smallest absolute Gasteiger partial charge is 0.191 e. The summed E-state index contributed by atoms with van der Waals surface area (Å²) in [4.78, 5) is 11.6. The summed E-state index contributed by atoms with van der Waals surface area (Å²) >= 11 is 0. The normalized spacial score (nSPS) is 17.2. The van der Waals surface area contributed by atoms with E-state index >= 15 is 0 Å². The fourth-order valence-corrected chi connectivity index (χ4v) is 3.55. The van der Waals surface area contributed by atoms with E-state index in [1.807, 2.05) is 30.5 Å². The third kappa shape index (κ3) is 9.85. The highest BCUT2D eigenvalue weighted by Gasteiger charge is 2.18. The molecule has 0 saturated carbocycles. The number of aliphatic imine (C=N–C) groups is 1. The summed E-state index contributed by atoms with van der Waals surface area (Å²) in [6, 6.07) is 14.4. The van der Waals surface area contributed by atoms with Crippen molar-refractivity contribution < 1.29 is 9.47 Å². The maximum absolute atomic E-state index is 5.86. The van der Waals surface area contributed by atoms with Crippen LogP contribution in [0.4, 0.5) is 5.82 Å². The molecule has 1 fully saturated rings. The highest BCUT2D eigenvalue weighted by atomic mass is 127. The van der Waals surface area contributed by atoms with Crippen molar-refractivity contribution in [2.75, 3.05) is 44.3 Å². The fraction of sp³-hybridized carbons (Fsp3) is 0.520. The summed E-state index contributed by atoms with van der Waals surface area (Å²) in [5, 5.41) is 6.77. The Hall–Kier alpha value is -1.91. The zero-order valence-electron chi connectivity index (χ0n) is 20.0. The molecule has 1 aliphatic rings. The molecule has 7 nitrogen and oxygen atoms in total. The van der Waals surface area contributed by atoms with E-state index in [4.69, 9.17) is 14.5 Å². The second-order valence-corrected chi connectivity index (χ2v) is 8.33. The Morgan fingerprint density at radius 2 is 2.06 bits per heavy atom. The standard InChI is InChI=1S/C25H37N5O2.HI/c1-4-26-25(28-15-20(2)18-31-19-22-8-6-5-7-9-22)29-16-23-10-11-27-24(14-23)30-12-13-32-21(3)17-30;/h5-11,14,20-21H,4,12-13,15-19H2,1-3H3,(H2,26,28,29);1H. The number of nitrogens with one attached hydrogen (secondary N) is 2. The molecule has 0 aliphatic carbocycles. The molecule has 182 valence electrons. The van der Waals surface area contributed by atoms with Crippen LogP contribution in [-0.2, 0) is 22.6 Å². The number of nitrogens with zero attached hydrogens (tertiary/aromatic N) is 3. The predicted molar refractivity (Wildman–Crippen MR) is 145 cm³/mol. The Balaban J connectivity index is 0.00000385. The van der Waals surface area contributed by atoms with Gasteiger partial charge in [0.2, 0.25) is 0 Å². The number of hydrogen-bond acceptors (Lipinski definition) is 5. The maximum Gasteiger partial charge on any atom is 0.191 e. The molecule has 33 heavy (non-hydrogen) atoms. The van der Waals surface area contributed by atoms with Crippen molar-refractivity contribution in [1.29, 1.82) is 0 Å². The highest BCUT2D eigenvalue weighted by Crippen LogP contribution is 2.17. The lowest BCUT2D eigenvalue weighted by Gasteiger charge is -2.32. The van der Waals surface area contributed by atoms with Crippen LogP contribution in [0, 0.1) is 5.92 Å². The SMILES string of the molecule is CCNC(=NCc1ccnc(N2CCOC(C)C2)c1)NCC(C)COCc1ccccc1.I. The molecule has 0 amide bonds. The summed E-state index contributed by atoms with van der Waals surface area (Å²) in [5.41, 5.74) is 2.34. The Bertz CT molecular complexity index is 837. The van der Waals surface area contributed by atoms with E-state index in [-0.39, 0.29) is 30.1 Å². The van der Waals surface area contributed by atoms with E-state index in [1.165, 1.54) is 5.56 Å². The average Bonchev–Trinajstić information content (AvgIpc) is 2.82. The number of benzene rings is 1. The number of rotatable bonds is 10. The second-order valence-electron chi connectivity index (χ2n) is 8.33. The van der Waals surface area contributed by atoms with Crippen molar-refractivity contribution in [3.8, 4) is 0 Å². The van der Waals surface area contributed by atoms with Crippen molar-refractivity contribution in [3.05, 3.63) is 59.8 Å². The number of morpholine rings is 1. The molecule has 0 spiro atoms. The molecule has 0 bridgehead atoms. The van der Waals surface area contributed by atoms with E-state index in [0.717, 1.165) is 50.1 Å². The van der Waals surface area contributed by atoms with Gasteiger partial charge in [-0.1, -0.05) is 37.3 Å². The van der Waals surface area contributed by atoms with Gasteiger partial charge in [0.05, 0.1) is 32.5 Å². The van der Waals surface area contributed by atoms with Crippen LogP contribution >= 0.6 is 24.0 Å². The van der Waals surface area contributed by atoms with Gasteiger partial charge in [-0.3, -0.25) is 0 Å². The highest BCUT2D eigenvalue weighted by molar-refractivity contribution is 14.0. The molecule has 1 aliphatic heterocycles. The molecule has 1 saturated heterocycles. The number of pyridine rings is 1. The first-order chi connectivity index (χ1) is 15.6. The van der Waals surface area contributed by atoms with E-state index in [0.29, 0.717) is 25.7 Å². The predicted octanol–water partition coefficient (Wildman–Crippen LogP) is 3.83. The first-order valence-electron chi connectivity index (χ1n) is 11.6. The summed E-state index contributed by atoms with van der Waals surface area (Å²) in [6.45, 7) is 12.4. The molecule has 2 N–H and O–H groups in total. The fourth-order valence-electron chi connectivity index (χ4n) is 3.55. The van der Waals surface area contributed by atoms with Crippen LogP contribution in [-0.4, -0.2) is 56.4 Å². The molecule has 1 aromatic carbocycles. The Kier molecular flexibility index (Phi) is 12.5. The molecule has 2 atom stereocenters. The zero-order valence-corrected chi connectivity index (χ0v) is 22.3. The summed E-state index contributed by atoms with van der Waals surface area (Å²) in [5.74, 6) is 2.19. The average molecular weight is 568 g/mol. The number of guanidine groups is 1. The Labute approximate surface area is 215 Å². The quantitative estimate of drug-likeness (QED) is 0.259. The molecule has 0 radical (unpaired) electrons. The maximum atomic E-state index is 5.86. The van der Waals surface area contributed by atoms with Gasteiger partial charge in [0, 0.05) is 32.4 Å². The van der Waals surface area contributed by atoms with E-state index in [1.54, 1.807) is 0 Å². The second kappa shape index (κ2) is 15.1. The molecule has 2 aromatic rings. The van der Waals surface area contributed by atoms with Crippen LogP contribution in [0.5, 0.6) is 0 Å².